The summed E-state index contributed by atoms with van der Waals surface area (Å²) in [5.74, 6) is 0.207. The summed E-state index contributed by atoms with van der Waals surface area (Å²) in [6.45, 7) is 0.512. The van der Waals surface area contributed by atoms with Crippen LogP contribution in [0.3, 0.4) is 0 Å². The summed E-state index contributed by atoms with van der Waals surface area (Å²) in [7, 11) is 1.38. The molecule has 0 bridgehead atoms. The molecule has 0 fully saturated rings. The van der Waals surface area contributed by atoms with Gasteiger partial charge in [0.1, 0.15) is 6.61 Å². The fraction of sp³-hybridized carbons (Fsp3) is 0.235. The number of alkyl carbamates (subject to hydrolysis) is 1. The Morgan fingerprint density at radius 2 is 1.92 bits per heavy atom. The number of ether oxygens (including phenoxy) is 2. The monoisotopic (exact) mass is 330 g/mol. The Balaban J connectivity index is 1.80. The van der Waals surface area contributed by atoms with Crippen molar-refractivity contribution in [3.8, 4) is 5.75 Å². The molecule has 0 aromatic heterocycles. The molecule has 0 atom stereocenters. The molecule has 24 heavy (non-hydrogen) atoms. The van der Waals surface area contributed by atoms with Crippen molar-refractivity contribution in [1.29, 1.82) is 0 Å². The molecule has 0 unspecified atom stereocenters. The van der Waals surface area contributed by atoms with Crippen LogP contribution in [0.5, 0.6) is 5.75 Å². The molecule has 1 N–H and O–H groups in total. The Labute approximate surface area is 139 Å². The summed E-state index contributed by atoms with van der Waals surface area (Å²) in [4.78, 5) is 22.1. The summed E-state index contributed by atoms with van der Waals surface area (Å²) < 4.78 is 10.0. The molecule has 2 aromatic rings. The average molecular weight is 330 g/mol. The van der Waals surface area contributed by atoms with Crippen LogP contribution in [0.2, 0.25) is 0 Å². The fourth-order valence-electron chi connectivity index (χ4n) is 2.12. The van der Waals surface area contributed by atoms with Gasteiger partial charge in [0.2, 0.25) is 0 Å². The first-order chi connectivity index (χ1) is 11.6. The average Bonchev–Trinajstić information content (AvgIpc) is 2.60. The highest BCUT2D eigenvalue weighted by atomic mass is 16.6. The van der Waals surface area contributed by atoms with E-state index < -0.39 is 11.0 Å². The molecule has 126 valence electrons. The molecule has 7 heteroatoms. The molecule has 1 amide bonds. The van der Waals surface area contributed by atoms with Crippen molar-refractivity contribution in [1.82, 2.24) is 5.32 Å². The van der Waals surface area contributed by atoms with E-state index in [4.69, 9.17) is 9.47 Å². The van der Waals surface area contributed by atoms with Gasteiger partial charge in [0.25, 0.3) is 0 Å². The molecule has 0 saturated carbocycles. The fourth-order valence-corrected chi connectivity index (χ4v) is 2.12. The van der Waals surface area contributed by atoms with E-state index in [0.29, 0.717) is 13.0 Å². The number of nitrogens with one attached hydrogen (secondary N) is 1. The van der Waals surface area contributed by atoms with E-state index in [1.54, 1.807) is 12.1 Å². The van der Waals surface area contributed by atoms with Crippen LogP contribution < -0.4 is 10.1 Å². The van der Waals surface area contributed by atoms with Crippen LogP contribution in [0.25, 0.3) is 0 Å². The third-order valence-electron chi connectivity index (χ3n) is 3.34. The van der Waals surface area contributed by atoms with Gasteiger partial charge in [0.05, 0.1) is 12.0 Å². The van der Waals surface area contributed by atoms with E-state index >= 15 is 0 Å². The number of rotatable bonds is 7. The molecule has 0 aliphatic carbocycles. The van der Waals surface area contributed by atoms with Gasteiger partial charge in [-0.3, -0.25) is 10.1 Å². The number of nitrogens with zero attached hydrogens (tertiary/aromatic N) is 1. The minimum atomic E-state index is -0.526. The van der Waals surface area contributed by atoms with Gasteiger partial charge < -0.3 is 14.8 Å². The van der Waals surface area contributed by atoms with Gasteiger partial charge in [0.15, 0.2) is 5.75 Å². The van der Waals surface area contributed by atoms with Crippen LogP contribution in [-0.2, 0) is 17.8 Å². The number of nitro benzene ring substituents is 1. The van der Waals surface area contributed by atoms with E-state index in [0.717, 1.165) is 11.1 Å². The van der Waals surface area contributed by atoms with Gasteiger partial charge >= 0.3 is 11.8 Å². The van der Waals surface area contributed by atoms with Crippen molar-refractivity contribution in [2.24, 2.45) is 0 Å². The number of carbonyl (C=O) groups is 1. The molecule has 0 heterocycles. The van der Waals surface area contributed by atoms with Gasteiger partial charge in [-0.25, -0.2) is 4.79 Å². The second kappa shape index (κ2) is 8.52. The number of amides is 1. The van der Waals surface area contributed by atoms with Crippen molar-refractivity contribution in [2.45, 2.75) is 13.0 Å². The predicted octanol–water partition coefficient (Wildman–Crippen LogP) is 3.07. The van der Waals surface area contributed by atoms with Crippen LogP contribution in [0.1, 0.15) is 11.1 Å². The van der Waals surface area contributed by atoms with Gasteiger partial charge in [-0.1, -0.05) is 36.4 Å². The number of hydrogen-bond donors (Lipinski definition) is 1. The van der Waals surface area contributed by atoms with E-state index in [1.807, 2.05) is 30.3 Å². The Morgan fingerprint density at radius 3 is 2.58 bits per heavy atom. The Bertz CT molecular complexity index is 703. The lowest BCUT2D eigenvalue weighted by molar-refractivity contribution is -0.385. The van der Waals surface area contributed by atoms with Gasteiger partial charge in [-0.05, 0) is 23.6 Å². The number of carbonyl (C=O) groups excluding carboxylic acids is 1. The van der Waals surface area contributed by atoms with Crippen molar-refractivity contribution >= 4 is 11.8 Å². The molecular formula is C17H18N2O5. The van der Waals surface area contributed by atoms with Crippen LogP contribution in [0.4, 0.5) is 10.5 Å². The lowest BCUT2D eigenvalue weighted by atomic mass is 10.1. The van der Waals surface area contributed by atoms with Crippen LogP contribution in [0.15, 0.2) is 48.5 Å². The Kier molecular flexibility index (Phi) is 6.13. The maximum atomic E-state index is 11.6. The van der Waals surface area contributed by atoms with Crippen molar-refractivity contribution in [3.05, 3.63) is 69.8 Å². The molecule has 0 radical (unpaired) electrons. The summed E-state index contributed by atoms with van der Waals surface area (Å²) in [5.41, 5.74) is 1.53. The van der Waals surface area contributed by atoms with Gasteiger partial charge in [-0.15, -0.1) is 0 Å². The second-order valence-electron chi connectivity index (χ2n) is 5.00. The standard InChI is InChI=1S/C17H18N2O5/c1-23-16-8-7-13(11-15(16)19(21)22)9-10-18-17(20)24-12-14-5-3-2-4-6-14/h2-8,11H,9-10,12H2,1H3,(H,18,20). The van der Waals surface area contributed by atoms with Gasteiger partial charge in [0, 0.05) is 12.6 Å². The molecule has 0 aliphatic heterocycles. The van der Waals surface area contributed by atoms with Crippen LogP contribution >= 0.6 is 0 Å². The second-order valence-corrected chi connectivity index (χ2v) is 5.00. The van der Waals surface area contributed by atoms with Gasteiger partial charge in [-0.2, -0.15) is 0 Å². The summed E-state index contributed by atoms with van der Waals surface area (Å²) in [6.07, 6.45) is -0.0764. The number of nitro groups is 1. The normalized spacial score (nSPS) is 10.0. The quantitative estimate of drug-likeness (QED) is 0.622. The van der Waals surface area contributed by atoms with Crippen LogP contribution in [0, 0.1) is 10.1 Å². The Hall–Kier alpha value is -3.09. The third-order valence-corrected chi connectivity index (χ3v) is 3.34. The minimum Gasteiger partial charge on any atom is -0.490 e. The molecule has 2 rings (SSSR count). The first-order valence-electron chi connectivity index (χ1n) is 7.36. The summed E-state index contributed by atoms with van der Waals surface area (Å²) >= 11 is 0. The lowest BCUT2D eigenvalue weighted by Gasteiger charge is -2.08. The molecule has 0 saturated heterocycles. The molecule has 0 aliphatic rings. The van der Waals surface area contributed by atoms with Crippen molar-refractivity contribution < 1.29 is 19.2 Å². The predicted molar refractivity (Wildman–Crippen MR) is 88.0 cm³/mol. The molecule has 0 spiro atoms. The number of benzene rings is 2. The molecule has 2 aromatic carbocycles. The molecular weight excluding hydrogens is 312 g/mol. The highest BCUT2D eigenvalue weighted by molar-refractivity contribution is 5.67. The van der Waals surface area contributed by atoms with E-state index in [9.17, 15) is 14.9 Å². The highest BCUT2D eigenvalue weighted by Gasteiger charge is 2.15. The van der Waals surface area contributed by atoms with Crippen LogP contribution in [-0.4, -0.2) is 24.7 Å². The smallest absolute Gasteiger partial charge is 0.407 e. The van der Waals surface area contributed by atoms with Crippen molar-refractivity contribution in [2.75, 3.05) is 13.7 Å². The van der Waals surface area contributed by atoms with Crippen molar-refractivity contribution in [3.63, 3.8) is 0 Å². The number of methoxy groups -OCH3 is 1. The first kappa shape index (κ1) is 17.3. The first-order valence-corrected chi connectivity index (χ1v) is 7.36. The van der Waals surface area contributed by atoms with E-state index in [1.165, 1.54) is 13.2 Å². The lowest BCUT2D eigenvalue weighted by Crippen LogP contribution is -2.26. The maximum absolute atomic E-state index is 11.6. The third kappa shape index (κ3) is 4.98. The van der Waals surface area contributed by atoms with E-state index in [2.05, 4.69) is 5.32 Å². The SMILES string of the molecule is COc1ccc(CCNC(=O)OCc2ccccc2)cc1[N+](=O)[O-]. The zero-order valence-corrected chi connectivity index (χ0v) is 13.2. The Morgan fingerprint density at radius 1 is 1.17 bits per heavy atom. The maximum Gasteiger partial charge on any atom is 0.407 e. The largest absolute Gasteiger partial charge is 0.490 e. The summed E-state index contributed by atoms with van der Waals surface area (Å²) in [6, 6.07) is 14.1. The topological polar surface area (TPSA) is 90.7 Å². The zero-order valence-electron chi connectivity index (χ0n) is 13.2. The highest BCUT2D eigenvalue weighted by Crippen LogP contribution is 2.27. The minimum absolute atomic E-state index is 0.0957. The zero-order chi connectivity index (χ0) is 17.4. The van der Waals surface area contributed by atoms with E-state index in [-0.39, 0.29) is 18.0 Å². The molecule has 7 nitrogen and oxygen atoms in total. The number of hydrogen-bond acceptors (Lipinski definition) is 5. The summed E-state index contributed by atoms with van der Waals surface area (Å²) in [5, 5.41) is 13.6.